The Balaban J connectivity index is 2.20. The Morgan fingerprint density at radius 2 is 2.05 bits per heavy atom. The lowest BCUT2D eigenvalue weighted by molar-refractivity contribution is 0.321. The number of hydrogen-bond acceptors (Lipinski definition) is 5. The minimum Gasteiger partial charge on any atom is -0.314 e. The molecule has 19 heavy (non-hydrogen) atoms. The quantitative estimate of drug-likeness (QED) is 0.703. The van der Waals surface area contributed by atoms with Crippen molar-refractivity contribution in [1.29, 1.82) is 0 Å². The van der Waals surface area contributed by atoms with Crippen LogP contribution in [0, 0.1) is 6.92 Å². The topological polar surface area (TPSA) is 62.3 Å². The van der Waals surface area contributed by atoms with E-state index in [9.17, 15) is 8.42 Å². The average molecular weight is 285 g/mol. The monoisotopic (exact) mass is 285 g/mol. The van der Waals surface area contributed by atoms with E-state index in [4.69, 9.17) is 0 Å². The van der Waals surface area contributed by atoms with Gasteiger partial charge in [-0.05, 0) is 26.1 Å². The Hall–Kier alpha value is -0.980. The predicted molar refractivity (Wildman–Crippen MR) is 77.9 cm³/mol. The summed E-state index contributed by atoms with van der Waals surface area (Å²) in [5.41, 5.74) is 2.08. The van der Waals surface area contributed by atoms with Gasteiger partial charge < -0.3 is 5.32 Å². The van der Waals surface area contributed by atoms with Crippen LogP contribution in [-0.2, 0) is 16.4 Å². The second-order valence-electron chi connectivity index (χ2n) is 4.89. The molecule has 0 radical (unpaired) electrons. The largest absolute Gasteiger partial charge is 0.314 e. The lowest BCUT2D eigenvalue weighted by atomic mass is 10.3. The summed E-state index contributed by atoms with van der Waals surface area (Å²) < 4.78 is 21.9. The first kappa shape index (κ1) is 16.1. The zero-order chi connectivity index (χ0) is 14.3. The second-order valence-corrected chi connectivity index (χ2v) is 7.15. The van der Waals surface area contributed by atoms with Gasteiger partial charge in [0.05, 0.1) is 11.4 Å². The Bertz CT molecular complexity index is 488. The summed E-state index contributed by atoms with van der Waals surface area (Å²) in [4.78, 5) is 6.61. The number of aromatic nitrogens is 1. The van der Waals surface area contributed by atoms with E-state index < -0.39 is 9.84 Å². The van der Waals surface area contributed by atoms with Crippen LogP contribution in [0.5, 0.6) is 0 Å². The lowest BCUT2D eigenvalue weighted by Crippen LogP contribution is -2.31. The molecule has 1 N–H and O–H groups in total. The molecule has 0 saturated carbocycles. The van der Waals surface area contributed by atoms with Crippen LogP contribution in [0.15, 0.2) is 18.2 Å². The Labute approximate surface area is 116 Å². The average Bonchev–Trinajstić information content (AvgIpc) is 2.26. The zero-order valence-electron chi connectivity index (χ0n) is 11.9. The molecule has 1 aromatic rings. The molecule has 0 aliphatic carbocycles. The SMILES string of the molecule is Cc1cccc(CN(C)CCNCCS(C)(=O)=O)n1. The molecule has 0 bridgehead atoms. The summed E-state index contributed by atoms with van der Waals surface area (Å²) in [6.07, 6.45) is 1.25. The number of rotatable bonds is 8. The van der Waals surface area contributed by atoms with E-state index in [1.807, 2.05) is 32.2 Å². The Morgan fingerprint density at radius 1 is 1.32 bits per heavy atom. The lowest BCUT2D eigenvalue weighted by Gasteiger charge is -2.16. The normalized spacial score (nSPS) is 12.0. The highest BCUT2D eigenvalue weighted by atomic mass is 32.2. The minimum atomic E-state index is -2.86. The van der Waals surface area contributed by atoms with Gasteiger partial charge >= 0.3 is 0 Å². The van der Waals surface area contributed by atoms with Gasteiger partial charge in [0.1, 0.15) is 9.84 Å². The smallest absolute Gasteiger partial charge is 0.148 e. The van der Waals surface area contributed by atoms with Crippen LogP contribution in [0.4, 0.5) is 0 Å². The highest BCUT2D eigenvalue weighted by Crippen LogP contribution is 2.01. The summed E-state index contributed by atoms with van der Waals surface area (Å²) in [5.74, 6) is 0.191. The number of nitrogens with one attached hydrogen (secondary N) is 1. The number of pyridine rings is 1. The van der Waals surface area contributed by atoms with E-state index in [-0.39, 0.29) is 5.75 Å². The van der Waals surface area contributed by atoms with Crippen molar-refractivity contribution in [2.75, 3.05) is 38.7 Å². The summed E-state index contributed by atoms with van der Waals surface area (Å²) in [6, 6.07) is 6.01. The molecule has 1 heterocycles. The third kappa shape index (κ3) is 7.92. The number of aryl methyl sites for hydroxylation is 1. The van der Waals surface area contributed by atoms with Gasteiger partial charge in [-0.1, -0.05) is 6.07 Å². The van der Waals surface area contributed by atoms with Gasteiger partial charge in [0, 0.05) is 38.1 Å². The molecule has 1 aromatic heterocycles. The van der Waals surface area contributed by atoms with Gasteiger partial charge in [-0.25, -0.2) is 8.42 Å². The molecule has 0 aliphatic heterocycles. The van der Waals surface area contributed by atoms with Crippen LogP contribution in [0.3, 0.4) is 0 Å². The van der Waals surface area contributed by atoms with E-state index in [0.29, 0.717) is 6.54 Å². The minimum absolute atomic E-state index is 0.191. The maximum Gasteiger partial charge on any atom is 0.148 e. The summed E-state index contributed by atoms with van der Waals surface area (Å²) in [6.45, 7) is 4.93. The molecule has 0 amide bonds. The Morgan fingerprint density at radius 3 is 2.68 bits per heavy atom. The van der Waals surface area contributed by atoms with E-state index in [1.54, 1.807) is 0 Å². The fourth-order valence-corrected chi connectivity index (χ4v) is 2.21. The Kier molecular flexibility index (Phi) is 6.41. The van der Waals surface area contributed by atoms with E-state index >= 15 is 0 Å². The fraction of sp³-hybridized carbons (Fsp3) is 0.615. The van der Waals surface area contributed by atoms with Gasteiger partial charge in [0.25, 0.3) is 0 Å². The highest BCUT2D eigenvalue weighted by Gasteiger charge is 2.03. The number of nitrogens with zero attached hydrogens (tertiary/aromatic N) is 2. The molecule has 0 aromatic carbocycles. The molecule has 0 spiro atoms. The zero-order valence-corrected chi connectivity index (χ0v) is 12.7. The third-order valence-electron chi connectivity index (χ3n) is 2.70. The molecular formula is C13H23N3O2S. The summed E-state index contributed by atoms with van der Waals surface area (Å²) in [7, 11) is -0.834. The summed E-state index contributed by atoms with van der Waals surface area (Å²) >= 11 is 0. The van der Waals surface area contributed by atoms with Crippen LogP contribution in [0.1, 0.15) is 11.4 Å². The molecule has 1 rings (SSSR count). The first-order chi connectivity index (χ1) is 8.87. The maximum atomic E-state index is 10.9. The number of likely N-dealkylation sites (N-methyl/N-ethyl adjacent to an activating group) is 1. The fourth-order valence-electron chi connectivity index (χ4n) is 1.70. The number of sulfone groups is 1. The first-order valence-corrected chi connectivity index (χ1v) is 8.42. The third-order valence-corrected chi connectivity index (χ3v) is 3.64. The predicted octanol–water partition coefficient (Wildman–Crippen LogP) is 0.456. The van der Waals surface area contributed by atoms with Gasteiger partial charge in [0.15, 0.2) is 0 Å². The van der Waals surface area contributed by atoms with Gasteiger partial charge in [-0.15, -0.1) is 0 Å². The van der Waals surface area contributed by atoms with E-state index in [2.05, 4.69) is 15.2 Å². The maximum absolute atomic E-state index is 10.9. The van der Waals surface area contributed by atoms with Gasteiger partial charge in [-0.2, -0.15) is 0 Å². The molecule has 0 fully saturated rings. The van der Waals surface area contributed by atoms with Crippen LogP contribution in [0.25, 0.3) is 0 Å². The second kappa shape index (κ2) is 7.57. The van der Waals surface area contributed by atoms with Crippen LogP contribution in [0.2, 0.25) is 0 Å². The van der Waals surface area contributed by atoms with Crippen LogP contribution in [-0.4, -0.2) is 57.0 Å². The molecular weight excluding hydrogens is 262 g/mol. The van der Waals surface area contributed by atoms with Crippen molar-refractivity contribution in [3.05, 3.63) is 29.6 Å². The van der Waals surface area contributed by atoms with Crippen molar-refractivity contribution < 1.29 is 8.42 Å². The van der Waals surface area contributed by atoms with Crippen molar-refractivity contribution in [2.24, 2.45) is 0 Å². The van der Waals surface area contributed by atoms with Crippen molar-refractivity contribution in [3.8, 4) is 0 Å². The van der Waals surface area contributed by atoms with Gasteiger partial charge in [-0.3, -0.25) is 9.88 Å². The van der Waals surface area contributed by atoms with Gasteiger partial charge in [0.2, 0.25) is 0 Å². The van der Waals surface area contributed by atoms with Crippen molar-refractivity contribution >= 4 is 9.84 Å². The number of hydrogen-bond donors (Lipinski definition) is 1. The molecule has 6 heteroatoms. The standard InChI is InChI=1S/C13H23N3O2S/c1-12-5-4-6-13(15-12)11-16(2)9-7-14-8-10-19(3,17)18/h4-6,14H,7-11H2,1-3H3. The van der Waals surface area contributed by atoms with Crippen molar-refractivity contribution in [2.45, 2.75) is 13.5 Å². The molecule has 108 valence electrons. The van der Waals surface area contributed by atoms with E-state index in [1.165, 1.54) is 6.26 Å². The molecule has 0 aliphatic rings. The first-order valence-electron chi connectivity index (χ1n) is 6.36. The van der Waals surface area contributed by atoms with Crippen molar-refractivity contribution in [3.63, 3.8) is 0 Å². The highest BCUT2D eigenvalue weighted by molar-refractivity contribution is 7.90. The van der Waals surface area contributed by atoms with Crippen molar-refractivity contribution in [1.82, 2.24) is 15.2 Å². The van der Waals surface area contributed by atoms with Crippen LogP contribution >= 0.6 is 0 Å². The van der Waals surface area contributed by atoms with Crippen LogP contribution < -0.4 is 5.32 Å². The van der Waals surface area contributed by atoms with E-state index in [0.717, 1.165) is 31.0 Å². The molecule has 0 unspecified atom stereocenters. The molecule has 5 nitrogen and oxygen atoms in total. The molecule has 0 saturated heterocycles. The molecule has 0 atom stereocenters. The summed E-state index contributed by atoms with van der Waals surface area (Å²) in [5, 5.41) is 3.13.